The third-order valence-corrected chi connectivity index (χ3v) is 3.86. The van der Waals surface area contributed by atoms with Gasteiger partial charge < -0.3 is 10.5 Å². The van der Waals surface area contributed by atoms with Gasteiger partial charge in [-0.05, 0) is 35.7 Å². The van der Waals surface area contributed by atoms with Crippen LogP contribution in [0.1, 0.15) is 42.2 Å². The third kappa shape index (κ3) is 3.08. The van der Waals surface area contributed by atoms with Crippen LogP contribution in [0, 0.1) is 0 Å². The number of hydrogen-bond donors (Lipinski definition) is 1. The lowest BCUT2D eigenvalue weighted by Gasteiger charge is -2.22. The lowest BCUT2D eigenvalue weighted by atomic mass is 10.0. The molecule has 0 radical (unpaired) electrons. The highest BCUT2D eigenvalue weighted by atomic mass is 32.1. The molecule has 2 unspecified atom stereocenters. The molecule has 2 rings (SSSR count). The number of aromatic nitrogens is 2. The van der Waals surface area contributed by atoms with Gasteiger partial charge in [0.25, 0.3) is 0 Å². The molecule has 0 fully saturated rings. The first-order valence-corrected chi connectivity index (χ1v) is 7.60. The fraction of sp³-hybridized carbons (Fsp3) is 0.429. The van der Waals surface area contributed by atoms with E-state index in [2.05, 4.69) is 10.5 Å². The minimum Gasteiger partial charge on any atom is -0.462 e. The number of nitrogens with two attached hydrogens (primary N) is 1. The molecule has 20 heavy (non-hydrogen) atoms. The van der Waals surface area contributed by atoms with E-state index in [-0.39, 0.29) is 18.1 Å². The van der Waals surface area contributed by atoms with Gasteiger partial charge in [0.2, 0.25) is 0 Å². The number of carbonyl (C=O) groups is 1. The Morgan fingerprint density at radius 2 is 2.35 bits per heavy atom. The summed E-state index contributed by atoms with van der Waals surface area (Å²) in [5.74, 6) is -0.354. The number of ether oxygens (including phenoxy) is 1. The van der Waals surface area contributed by atoms with Crippen molar-refractivity contribution in [2.24, 2.45) is 5.73 Å². The van der Waals surface area contributed by atoms with Gasteiger partial charge in [-0.15, -0.1) is 0 Å². The highest BCUT2D eigenvalue weighted by molar-refractivity contribution is 7.07. The minimum absolute atomic E-state index is 0.0560. The first-order valence-electron chi connectivity index (χ1n) is 6.66. The van der Waals surface area contributed by atoms with E-state index in [4.69, 9.17) is 10.5 Å². The van der Waals surface area contributed by atoms with Gasteiger partial charge in [-0.1, -0.05) is 6.92 Å². The molecule has 2 aromatic rings. The molecular formula is C14H19N3O2S. The Morgan fingerprint density at radius 3 is 2.95 bits per heavy atom. The van der Waals surface area contributed by atoms with Gasteiger partial charge in [0, 0.05) is 12.2 Å². The summed E-state index contributed by atoms with van der Waals surface area (Å²) in [6.07, 6.45) is 4.06. The average molecular weight is 293 g/mol. The van der Waals surface area contributed by atoms with Crippen molar-refractivity contribution in [3.05, 3.63) is 40.3 Å². The average Bonchev–Trinajstić information content (AvgIpc) is 3.11. The van der Waals surface area contributed by atoms with Crippen LogP contribution in [0.25, 0.3) is 0 Å². The molecule has 0 amide bonds. The fourth-order valence-electron chi connectivity index (χ4n) is 2.07. The molecule has 0 saturated heterocycles. The molecule has 6 heteroatoms. The molecule has 2 atom stereocenters. The van der Waals surface area contributed by atoms with Crippen molar-refractivity contribution in [3.8, 4) is 0 Å². The standard InChI is InChI=1S/C14H19N3O2S/c1-3-12(15)13(10-5-6-20-9-10)17-8-11(7-16-17)14(18)19-4-2/h5-9,12-13H,3-4,15H2,1-2H3. The van der Waals surface area contributed by atoms with Crippen molar-refractivity contribution in [1.29, 1.82) is 0 Å². The number of esters is 1. The summed E-state index contributed by atoms with van der Waals surface area (Å²) in [4.78, 5) is 11.7. The molecule has 0 bridgehead atoms. The van der Waals surface area contributed by atoms with E-state index in [1.165, 1.54) is 6.20 Å². The zero-order valence-corrected chi connectivity index (χ0v) is 12.5. The summed E-state index contributed by atoms with van der Waals surface area (Å²) >= 11 is 1.62. The van der Waals surface area contributed by atoms with Gasteiger partial charge in [-0.25, -0.2) is 4.79 Å². The maximum absolute atomic E-state index is 11.7. The molecule has 0 aliphatic heterocycles. The Kier molecular flexibility index (Phi) is 4.92. The number of carbonyl (C=O) groups excluding carboxylic acids is 1. The van der Waals surface area contributed by atoms with E-state index in [0.717, 1.165) is 12.0 Å². The monoisotopic (exact) mass is 293 g/mol. The Bertz CT molecular complexity index is 551. The minimum atomic E-state index is -0.354. The zero-order valence-electron chi connectivity index (χ0n) is 11.7. The molecule has 2 aromatic heterocycles. The Balaban J connectivity index is 2.28. The van der Waals surface area contributed by atoms with Crippen LogP contribution in [-0.2, 0) is 4.74 Å². The SMILES string of the molecule is CCOC(=O)c1cnn(C(c2ccsc2)C(N)CC)c1. The molecule has 2 heterocycles. The Morgan fingerprint density at radius 1 is 1.55 bits per heavy atom. The van der Waals surface area contributed by atoms with Crippen LogP contribution in [0.2, 0.25) is 0 Å². The predicted octanol–water partition coefficient (Wildman–Crippen LogP) is 2.45. The van der Waals surface area contributed by atoms with E-state index in [1.54, 1.807) is 29.1 Å². The van der Waals surface area contributed by atoms with Crippen LogP contribution in [0.15, 0.2) is 29.2 Å². The van der Waals surface area contributed by atoms with Crippen LogP contribution in [0.5, 0.6) is 0 Å². The number of thiophene rings is 1. The van der Waals surface area contributed by atoms with Gasteiger partial charge in [0.15, 0.2) is 0 Å². The van der Waals surface area contributed by atoms with Crippen molar-refractivity contribution in [1.82, 2.24) is 9.78 Å². The topological polar surface area (TPSA) is 70.1 Å². The van der Waals surface area contributed by atoms with Crippen molar-refractivity contribution in [2.75, 3.05) is 6.61 Å². The lowest BCUT2D eigenvalue weighted by Crippen LogP contribution is -2.32. The summed E-state index contributed by atoms with van der Waals surface area (Å²) in [6, 6.07) is 1.92. The fourth-order valence-corrected chi connectivity index (χ4v) is 2.76. The van der Waals surface area contributed by atoms with E-state index in [0.29, 0.717) is 12.2 Å². The normalized spacial score (nSPS) is 13.9. The lowest BCUT2D eigenvalue weighted by molar-refractivity contribution is 0.0526. The smallest absolute Gasteiger partial charge is 0.341 e. The van der Waals surface area contributed by atoms with Gasteiger partial charge in [-0.2, -0.15) is 16.4 Å². The molecule has 0 aromatic carbocycles. The predicted molar refractivity (Wildman–Crippen MR) is 78.9 cm³/mol. The molecular weight excluding hydrogens is 274 g/mol. The molecule has 0 aliphatic rings. The summed E-state index contributed by atoms with van der Waals surface area (Å²) in [7, 11) is 0. The maximum Gasteiger partial charge on any atom is 0.341 e. The largest absolute Gasteiger partial charge is 0.462 e. The zero-order chi connectivity index (χ0) is 14.5. The summed E-state index contributed by atoms with van der Waals surface area (Å²) in [5, 5.41) is 8.36. The van der Waals surface area contributed by atoms with Crippen molar-refractivity contribution < 1.29 is 9.53 Å². The third-order valence-electron chi connectivity index (χ3n) is 3.16. The second-order valence-corrected chi connectivity index (χ2v) is 5.28. The first-order chi connectivity index (χ1) is 9.67. The van der Waals surface area contributed by atoms with Crippen LogP contribution in [0.4, 0.5) is 0 Å². The highest BCUT2D eigenvalue weighted by Crippen LogP contribution is 2.24. The maximum atomic E-state index is 11.7. The molecule has 0 aliphatic carbocycles. The molecule has 0 spiro atoms. The van der Waals surface area contributed by atoms with Crippen LogP contribution >= 0.6 is 11.3 Å². The van der Waals surface area contributed by atoms with E-state index in [9.17, 15) is 4.79 Å². The van der Waals surface area contributed by atoms with E-state index in [1.807, 2.05) is 18.4 Å². The van der Waals surface area contributed by atoms with Crippen molar-refractivity contribution in [2.45, 2.75) is 32.4 Å². The van der Waals surface area contributed by atoms with Gasteiger partial charge in [0.05, 0.1) is 24.4 Å². The van der Waals surface area contributed by atoms with Crippen LogP contribution < -0.4 is 5.73 Å². The number of nitrogens with zero attached hydrogens (tertiary/aromatic N) is 2. The number of hydrogen-bond acceptors (Lipinski definition) is 5. The van der Waals surface area contributed by atoms with Gasteiger partial charge in [-0.3, -0.25) is 4.68 Å². The molecule has 2 N–H and O–H groups in total. The molecule has 0 saturated carbocycles. The first kappa shape index (κ1) is 14.7. The van der Waals surface area contributed by atoms with E-state index >= 15 is 0 Å². The van der Waals surface area contributed by atoms with Crippen molar-refractivity contribution in [3.63, 3.8) is 0 Å². The summed E-state index contributed by atoms with van der Waals surface area (Å²) in [6.45, 7) is 4.18. The second kappa shape index (κ2) is 6.67. The molecule has 108 valence electrons. The number of rotatable bonds is 6. The Hall–Kier alpha value is -1.66. The quantitative estimate of drug-likeness (QED) is 0.831. The van der Waals surface area contributed by atoms with Gasteiger partial charge in [0.1, 0.15) is 0 Å². The summed E-state index contributed by atoms with van der Waals surface area (Å²) < 4.78 is 6.73. The van der Waals surface area contributed by atoms with Crippen LogP contribution in [0.3, 0.4) is 0 Å². The van der Waals surface area contributed by atoms with Crippen molar-refractivity contribution >= 4 is 17.3 Å². The van der Waals surface area contributed by atoms with E-state index < -0.39 is 0 Å². The van der Waals surface area contributed by atoms with Gasteiger partial charge >= 0.3 is 5.97 Å². The Labute approximate surface area is 122 Å². The highest BCUT2D eigenvalue weighted by Gasteiger charge is 2.23. The van der Waals surface area contributed by atoms with Crippen LogP contribution in [-0.4, -0.2) is 28.4 Å². The second-order valence-electron chi connectivity index (χ2n) is 4.50. The molecule has 5 nitrogen and oxygen atoms in total. The summed E-state index contributed by atoms with van der Waals surface area (Å²) in [5.41, 5.74) is 7.78.